The predicted octanol–water partition coefficient (Wildman–Crippen LogP) is 5.22. The van der Waals surface area contributed by atoms with Crippen LogP contribution in [0.25, 0.3) is 0 Å². The van der Waals surface area contributed by atoms with E-state index >= 15 is 0 Å². The number of thiophene rings is 1. The molecule has 1 amide bonds. The number of esters is 1. The van der Waals surface area contributed by atoms with E-state index in [-0.39, 0.29) is 29.4 Å². The van der Waals surface area contributed by atoms with Crippen molar-refractivity contribution in [3.8, 4) is 0 Å². The summed E-state index contributed by atoms with van der Waals surface area (Å²) in [7, 11) is 1.39. The van der Waals surface area contributed by atoms with Gasteiger partial charge in [0, 0.05) is 16.8 Å². The quantitative estimate of drug-likeness (QED) is 0.522. The van der Waals surface area contributed by atoms with Crippen molar-refractivity contribution in [2.45, 2.75) is 90.2 Å². The standard InChI is InChI=1S/C24H35NO4S/c1-15-6-8-16(9-7-15)22(27)25(17-10-12-18(26)13-11-17)19-14-20(24(2,3)4)30-21(19)23(28)29-5/h6,14,16-18,26H,7-13H2,1-5H3/t16-,17-,18-/m1/s1. The summed E-state index contributed by atoms with van der Waals surface area (Å²) in [6.45, 7) is 8.45. The number of carbonyl (C=O) groups is 2. The first-order chi connectivity index (χ1) is 14.1. The number of hydrogen-bond donors (Lipinski definition) is 1. The second-order valence-electron chi connectivity index (χ2n) is 9.76. The van der Waals surface area contributed by atoms with Crippen molar-refractivity contribution in [3.63, 3.8) is 0 Å². The van der Waals surface area contributed by atoms with Crippen LogP contribution in [0.4, 0.5) is 5.69 Å². The van der Waals surface area contributed by atoms with Crippen LogP contribution in [0.1, 0.15) is 87.2 Å². The number of carbonyl (C=O) groups excluding carboxylic acids is 2. The van der Waals surface area contributed by atoms with Crippen LogP contribution in [-0.2, 0) is 14.9 Å². The number of hydrogen-bond acceptors (Lipinski definition) is 5. The molecule has 6 heteroatoms. The van der Waals surface area contributed by atoms with Gasteiger partial charge in [0.15, 0.2) is 0 Å². The van der Waals surface area contributed by atoms with Crippen molar-refractivity contribution in [1.82, 2.24) is 0 Å². The van der Waals surface area contributed by atoms with Crippen molar-refractivity contribution in [2.24, 2.45) is 5.92 Å². The second-order valence-corrected chi connectivity index (χ2v) is 10.8. The Labute approximate surface area is 184 Å². The molecule has 1 atom stereocenters. The number of aliphatic hydroxyl groups excluding tert-OH is 1. The van der Waals surface area contributed by atoms with Gasteiger partial charge in [0.05, 0.1) is 18.9 Å². The first-order valence-corrected chi connectivity index (χ1v) is 11.8. The Hall–Kier alpha value is -1.66. The number of nitrogens with zero attached hydrogens (tertiary/aromatic N) is 1. The molecule has 5 nitrogen and oxygen atoms in total. The Morgan fingerprint density at radius 3 is 2.37 bits per heavy atom. The molecule has 1 N–H and O–H groups in total. The summed E-state index contributed by atoms with van der Waals surface area (Å²) in [5.74, 6) is -0.355. The molecule has 2 aliphatic carbocycles. The summed E-state index contributed by atoms with van der Waals surface area (Å²) < 4.78 is 5.08. The normalized spacial score (nSPS) is 24.9. The molecule has 0 saturated heterocycles. The fraction of sp³-hybridized carbons (Fsp3) is 0.667. The van der Waals surface area contributed by atoms with E-state index in [1.54, 1.807) is 0 Å². The van der Waals surface area contributed by atoms with E-state index in [0.717, 1.165) is 37.0 Å². The summed E-state index contributed by atoms with van der Waals surface area (Å²) in [5.41, 5.74) is 1.90. The minimum atomic E-state index is -0.390. The first kappa shape index (κ1) is 23.0. The molecule has 1 aromatic rings. The molecule has 1 heterocycles. The van der Waals surface area contributed by atoms with E-state index in [2.05, 4.69) is 33.8 Å². The lowest BCUT2D eigenvalue weighted by molar-refractivity contribution is -0.123. The summed E-state index contributed by atoms with van der Waals surface area (Å²) in [4.78, 5) is 29.9. The van der Waals surface area contributed by atoms with Crippen LogP contribution in [0.15, 0.2) is 17.7 Å². The molecule has 0 unspecified atom stereocenters. The molecular weight excluding hydrogens is 398 g/mol. The van der Waals surface area contributed by atoms with Gasteiger partial charge in [-0.1, -0.05) is 32.4 Å². The molecule has 1 aromatic heterocycles. The van der Waals surface area contributed by atoms with Gasteiger partial charge in [0.25, 0.3) is 0 Å². The molecule has 2 aliphatic rings. The van der Waals surface area contributed by atoms with Crippen molar-refractivity contribution < 1.29 is 19.4 Å². The molecule has 1 saturated carbocycles. The highest BCUT2D eigenvalue weighted by molar-refractivity contribution is 7.14. The maximum atomic E-state index is 13.8. The maximum absolute atomic E-state index is 13.8. The topological polar surface area (TPSA) is 66.8 Å². The van der Waals surface area contributed by atoms with Crippen LogP contribution in [-0.4, -0.2) is 36.2 Å². The average molecular weight is 434 g/mol. The number of allylic oxidation sites excluding steroid dienone is 2. The highest BCUT2D eigenvalue weighted by Crippen LogP contribution is 2.41. The highest BCUT2D eigenvalue weighted by Gasteiger charge is 2.37. The molecule has 0 bridgehead atoms. The maximum Gasteiger partial charge on any atom is 0.350 e. The fourth-order valence-corrected chi connectivity index (χ4v) is 5.49. The average Bonchev–Trinajstić information content (AvgIpc) is 3.15. The van der Waals surface area contributed by atoms with E-state index in [0.29, 0.717) is 23.4 Å². The van der Waals surface area contributed by atoms with Gasteiger partial charge in [-0.05, 0) is 63.4 Å². The number of ether oxygens (including phenoxy) is 1. The number of amides is 1. The van der Waals surface area contributed by atoms with Gasteiger partial charge in [0.2, 0.25) is 5.91 Å². The molecule has 0 aromatic carbocycles. The molecular formula is C24H35NO4S. The Kier molecular flexibility index (Phi) is 7.08. The van der Waals surface area contributed by atoms with Crippen molar-refractivity contribution in [2.75, 3.05) is 12.0 Å². The monoisotopic (exact) mass is 433 g/mol. The van der Waals surface area contributed by atoms with Gasteiger partial charge in [-0.25, -0.2) is 4.79 Å². The molecule has 0 spiro atoms. The van der Waals surface area contributed by atoms with E-state index < -0.39 is 5.97 Å². The third-order valence-electron chi connectivity index (χ3n) is 6.34. The lowest BCUT2D eigenvalue weighted by Crippen LogP contribution is -2.46. The minimum Gasteiger partial charge on any atom is -0.465 e. The van der Waals surface area contributed by atoms with Crippen molar-refractivity contribution in [3.05, 3.63) is 27.5 Å². The van der Waals surface area contributed by atoms with Crippen LogP contribution in [0.3, 0.4) is 0 Å². The fourth-order valence-electron chi connectivity index (χ4n) is 4.37. The molecule has 3 rings (SSSR count). The Balaban J connectivity index is 2.04. The van der Waals surface area contributed by atoms with Crippen LogP contribution >= 0.6 is 11.3 Å². The van der Waals surface area contributed by atoms with Crippen LogP contribution < -0.4 is 4.90 Å². The van der Waals surface area contributed by atoms with Gasteiger partial charge in [0.1, 0.15) is 4.88 Å². The summed E-state index contributed by atoms with van der Waals surface area (Å²) in [6.07, 6.45) is 7.26. The largest absolute Gasteiger partial charge is 0.465 e. The SMILES string of the molecule is COC(=O)c1sc(C(C)(C)C)cc1N(C(=O)[C@@H]1CC=C(C)CC1)[C@H]1CC[C@H](O)CC1. The smallest absolute Gasteiger partial charge is 0.350 e. The zero-order chi connectivity index (χ0) is 22.1. The van der Waals surface area contributed by atoms with E-state index in [1.165, 1.54) is 24.0 Å². The van der Waals surface area contributed by atoms with Gasteiger partial charge in [-0.2, -0.15) is 0 Å². The summed E-state index contributed by atoms with van der Waals surface area (Å²) in [6, 6.07) is 2.02. The predicted molar refractivity (Wildman–Crippen MR) is 121 cm³/mol. The molecule has 166 valence electrons. The zero-order valence-electron chi connectivity index (χ0n) is 18.9. The zero-order valence-corrected chi connectivity index (χ0v) is 19.7. The number of aliphatic hydroxyl groups is 1. The lowest BCUT2D eigenvalue weighted by atomic mass is 9.86. The number of anilines is 1. The third-order valence-corrected chi connectivity index (χ3v) is 7.87. The Bertz CT molecular complexity index is 812. The summed E-state index contributed by atoms with van der Waals surface area (Å²) in [5, 5.41) is 10.0. The Morgan fingerprint density at radius 2 is 1.83 bits per heavy atom. The van der Waals surface area contributed by atoms with E-state index in [4.69, 9.17) is 4.74 Å². The van der Waals surface area contributed by atoms with Gasteiger partial charge in [-0.15, -0.1) is 11.3 Å². The van der Waals surface area contributed by atoms with Crippen LogP contribution in [0.5, 0.6) is 0 Å². The third kappa shape index (κ3) is 4.97. The first-order valence-electron chi connectivity index (χ1n) is 11.0. The second kappa shape index (κ2) is 9.23. The molecule has 0 aliphatic heterocycles. The minimum absolute atomic E-state index is 0.00118. The van der Waals surface area contributed by atoms with Crippen LogP contribution in [0, 0.1) is 5.92 Å². The van der Waals surface area contributed by atoms with Gasteiger partial charge < -0.3 is 14.7 Å². The van der Waals surface area contributed by atoms with Crippen molar-refractivity contribution in [1.29, 1.82) is 0 Å². The van der Waals surface area contributed by atoms with E-state index in [9.17, 15) is 14.7 Å². The molecule has 0 radical (unpaired) electrons. The van der Waals surface area contributed by atoms with E-state index in [1.807, 2.05) is 11.0 Å². The Morgan fingerprint density at radius 1 is 1.17 bits per heavy atom. The van der Waals surface area contributed by atoms with Gasteiger partial charge >= 0.3 is 5.97 Å². The van der Waals surface area contributed by atoms with Crippen molar-refractivity contribution >= 4 is 28.9 Å². The molecule has 1 fully saturated rings. The molecule has 30 heavy (non-hydrogen) atoms. The summed E-state index contributed by atoms with van der Waals surface area (Å²) >= 11 is 1.43. The lowest BCUT2D eigenvalue weighted by Gasteiger charge is -2.38. The highest BCUT2D eigenvalue weighted by atomic mass is 32.1. The number of methoxy groups -OCH3 is 1. The number of rotatable bonds is 4. The van der Waals surface area contributed by atoms with Crippen LogP contribution in [0.2, 0.25) is 0 Å². The van der Waals surface area contributed by atoms with Gasteiger partial charge in [-0.3, -0.25) is 4.79 Å².